The molecule has 0 bridgehead atoms. The molecule has 2 saturated heterocycles. The number of nitrogens with zero attached hydrogens (tertiary/aromatic N) is 2. The maximum absolute atomic E-state index is 14.7. The molecule has 3 amide bonds. The first-order valence-corrected chi connectivity index (χ1v) is 16.7. The van der Waals surface area contributed by atoms with Gasteiger partial charge in [0.2, 0.25) is 11.8 Å². The van der Waals surface area contributed by atoms with Crippen LogP contribution < -0.4 is 10.2 Å². The van der Waals surface area contributed by atoms with Crippen LogP contribution in [-0.2, 0) is 28.7 Å². The lowest BCUT2D eigenvalue weighted by atomic mass is 9.77. The van der Waals surface area contributed by atoms with Gasteiger partial charge in [-0.2, -0.15) is 0 Å². The molecule has 4 heterocycles. The van der Waals surface area contributed by atoms with Crippen molar-refractivity contribution in [3.05, 3.63) is 89.5 Å². The van der Waals surface area contributed by atoms with Crippen molar-refractivity contribution in [2.24, 2.45) is 11.8 Å². The number of hydrogen-bond donors (Lipinski definition) is 2. The molecule has 0 radical (unpaired) electrons. The SMILES string of the molecule is O=C1CC/C=C\[C@@H]2O[C@@]34C=CCN(c5ccccc5Cl)C(=O)[C@@H]3N(CCCCCCO)C(=O)[C@H]4[C@@H]2C(=O)N[C@@H](c2ccccc2)CO1. The van der Waals surface area contributed by atoms with Crippen molar-refractivity contribution in [2.75, 3.05) is 31.2 Å². The van der Waals surface area contributed by atoms with Gasteiger partial charge in [-0.3, -0.25) is 19.2 Å². The highest BCUT2D eigenvalue weighted by molar-refractivity contribution is 6.34. The Morgan fingerprint density at radius 3 is 2.49 bits per heavy atom. The Labute approximate surface area is 279 Å². The third kappa shape index (κ3) is 6.46. The fourth-order valence-electron chi connectivity index (χ4n) is 7.31. The van der Waals surface area contributed by atoms with Crippen LogP contribution in [0.4, 0.5) is 5.69 Å². The van der Waals surface area contributed by atoms with Crippen molar-refractivity contribution < 1.29 is 33.8 Å². The van der Waals surface area contributed by atoms with E-state index in [0.29, 0.717) is 36.5 Å². The first kappa shape index (κ1) is 32.9. The normalized spacial score (nSPS) is 30.0. The van der Waals surface area contributed by atoms with E-state index in [1.807, 2.05) is 36.4 Å². The number of para-hydroxylation sites is 1. The molecule has 0 aromatic heterocycles. The fraction of sp³-hybridized carbons (Fsp3) is 0.444. The van der Waals surface area contributed by atoms with E-state index >= 15 is 0 Å². The van der Waals surface area contributed by atoms with Gasteiger partial charge in [-0.05, 0) is 37.0 Å². The minimum Gasteiger partial charge on any atom is -0.463 e. The number of unbranched alkanes of at least 4 members (excludes halogenated alkanes) is 3. The number of allylic oxidation sites excluding steroid dienone is 1. The Hall–Kier alpha value is -3.99. The summed E-state index contributed by atoms with van der Waals surface area (Å²) < 4.78 is 12.3. The highest BCUT2D eigenvalue weighted by Gasteiger charge is 2.71. The molecule has 11 heteroatoms. The lowest BCUT2D eigenvalue weighted by Gasteiger charge is -2.35. The van der Waals surface area contributed by atoms with E-state index in [-0.39, 0.29) is 44.0 Å². The van der Waals surface area contributed by atoms with Crippen LogP contribution in [0, 0.1) is 11.8 Å². The van der Waals surface area contributed by atoms with Gasteiger partial charge in [0.15, 0.2) is 0 Å². The molecule has 2 aromatic carbocycles. The maximum Gasteiger partial charge on any atom is 0.306 e. The number of carbonyl (C=O) groups excluding carboxylic acids is 4. The minimum atomic E-state index is -1.42. The summed E-state index contributed by atoms with van der Waals surface area (Å²) in [5.41, 5.74) is -0.134. The molecule has 0 unspecified atom stereocenters. The zero-order valence-electron chi connectivity index (χ0n) is 26.1. The number of aliphatic hydroxyl groups excluding tert-OH is 1. The Morgan fingerprint density at radius 1 is 0.936 bits per heavy atom. The predicted octanol–water partition coefficient (Wildman–Crippen LogP) is 4.13. The van der Waals surface area contributed by atoms with E-state index in [1.54, 1.807) is 52.3 Å². The molecule has 4 aliphatic rings. The molecule has 6 rings (SSSR count). The summed E-state index contributed by atoms with van der Waals surface area (Å²) in [6.07, 6.45) is 9.65. The minimum absolute atomic E-state index is 0.0614. The lowest BCUT2D eigenvalue weighted by Crippen LogP contribution is -2.55. The largest absolute Gasteiger partial charge is 0.463 e. The molecule has 10 nitrogen and oxygen atoms in total. The quantitative estimate of drug-likeness (QED) is 0.248. The molecular weight excluding hydrogens is 622 g/mol. The number of ether oxygens (including phenoxy) is 2. The van der Waals surface area contributed by atoms with Crippen molar-refractivity contribution in [1.29, 1.82) is 0 Å². The van der Waals surface area contributed by atoms with Crippen LogP contribution in [0.3, 0.4) is 0 Å². The number of anilines is 1. The number of halogens is 1. The van der Waals surface area contributed by atoms with Gasteiger partial charge in [-0.25, -0.2) is 0 Å². The van der Waals surface area contributed by atoms with Crippen molar-refractivity contribution in [3.8, 4) is 0 Å². The van der Waals surface area contributed by atoms with Crippen LogP contribution in [-0.4, -0.2) is 77.7 Å². The number of esters is 1. The van der Waals surface area contributed by atoms with Gasteiger partial charge in [-0.1, -0.05) is 91.2 Å². The van der Waals surface area contributed by atoms with Crippen LogP contribution in [0.25, 0.3) is 0 Å². The summed E-state index contributed by atoms with van der Waals surface area (Å²) in [6, 6.07) is 14.6. The molecule has 2 fully saturated rings. The zero-order valence-corrected chi connectivity index (χ0v) is 26.9. The number of benzene rings is 2. The van der Waals surface area contributed by atoms with Gasteiger partial charge < -0.3 is 29.7 Å². The fourth-order valence-corrected chi connectivity index (χ4v) is 7.55. The van der Waals surface area contributed by atoms with Crippen molar-refractivity contribution >= 4 is 41.0 Å². The molecule has 1 spiro atoms. The number of likely N-dealkylation sites (tertiary alicyclic amines) is 1. The second-order valence-corrected chi connectivity index (χ2v) is 12.8. The summed E-state index contributed by atoms with van der Waals surface area (Å²) in [5.74, 6) is -3.39. The summed E-state index contributed by atoms with van der Waals surface area (Å²) in [6.45, 7) is 0.537. The molecule has 4 aliphatic heterocycles. The van der Waals surface area contributed by atoms with Crippen LogP contribution in [0.15, 0.2) is 78.9 Å². The molecule has 2 N–H and O–H groups in total. The van der Waals surface area contributed by atoms with Gasteiger partial charge in [-0.15, -0.1) is 0 Å². The zero-order chi connectivity index (χ0) is 33.0. The highest BCUT2D eigenvalue weighted by atomic mass is 35.5. The number of fused-ring (bicyclic) bond motifs is 2. The second kappa shape index (κ2) is 14.4. The lowest BCUT2D eigenvalue weighted by molar-refractivity contribution is -0.146. The summed E-state index contributed by atoms with van der Waals surface area (Å²) in [7, 11) is 0. The van der Waals surface area contributed by atoms with E-state index in [4.69, 9.17) is 21.1 Å². The van der Waals surface area contributed by atoms with E-state index < -0.39 is 41.5 Å². The van der Waals surface area contributed by atoms with Crippen LogP contribution in [0.1, 0.15) is 50.1 Å². The smallest absolute Gasteiger partial charge is 0.306 e. The standard InChI is InChI=1S/C36H40ClN3O7/c37-25-15-6-7-16-27(25)39-21-12-19-36-31(34(44)40(32(36)35(39)45)20-10-1-2-11-22-41)30-28(47-36)17-8-9-18-29(42)46-23-26(38-33(30)43)24-13-4-3-5-14-24/h3-8,12-17,19,26,28,30-32,41H,1-2,9-11,18,20-23H2,(H,38,43)/b17-8-/t26-,28+,30-,31-,32+,36-/m1/s1. The summed E-state index contributed by atoms with van der Waals surface area (Å²) in [5, 5.41) is 12.7. The van der Waals surface area contributed by atoms with Crippen molar-refractivity contribution in [3.63, 3.8) is 0 Å². The monoisotopic (exact) mass is 661 g/mol. The number of amides is 3. The molecule has 0 saturated carbocycles. The van der Waals surface area contributed by atoms with Gasteiger partial charge in [0.25, 0.3) is 5.91 Å². The van der Waals surface area contributed by atoms with Crippen LogP contribution in [0.5, 0.6) is 0 Å². The average Bonchev–Trinajstić information content (AvgIpc) is 3.45. The Balaban J connectivity index is 1.40. The van der Waals surface area contributed by atoms with E-state index in [0.717, 1.165) is 18.4 Å². The van der Waals surface area contributed by atoms with E-state index in [2.05, 4.69) is 5.32 Å². The second-order valence-electron chi connectivity index (χ2n) is 12.4. The first-order chi connectivity index (χ1) is 22.9. The van der Waals surface area contributed by atoms with Gasteiger partial charge in [0, 0.05) is 26.1 Å². The van der Waals surface area contributed by atoms with Crippen molar-refractivity contribution in [1.82, 2.24) is 10.2 Å². The number of hydrogen-bond acceptors (Lipinski definition) is 7. The molecule has 6 atom stereocenters. The highest BCUT2D eigenvalue weighted by Crippen LogP contribution is 2.53. The van der Waals surface area contributed by atoms with E-state index in [1.165, 1.54) is 0 Å². The number of aliphatic hydroxyl groups is 1. The third-order valence-corrected chi connectivity index (χ3v) is 9.84. The molecule has 47 heavy (non-hydrogen) atoms. The Kier molecular flexibility index (Phi) is 10.1. The number of cyclic esters (lactones) is 1. The van der Waals surface area contributed by atoms with Crippen LogP contribution in [0.2, 0.25) is 5.02 Å². The number of nitrogens with one attached hydrogen (secondary N) is 1. The predicted molar refractivity (Wildman–Crippen MR) is 175 cm³/mol. The van der Waals surface area contributed by atoms with E-state index in [9.17, 15) is 24.3 Å². The van der Waals surface area contributed by atoms with Gasteiger partial charge in [0.05, 0.1) is 34.7 Å². The van der Waals surface area contributed by atoms with Crippen molar-refractivity contribution in [2.45, 2.75) is 62.3 Å². The number of carbonyl (C=O) groups is 4. The van der Waals surface area contributed by atoms with Crippen LogP contribution >= 0.6 is 11.6 Å². The molecule has 2 aromatic rings. The summed E-state index contributed by atoms with van der Waals surface area (Å²) >= 11 is 6.57. The Bertz CT molecular complexity index is 1550. The Morgan fingerprint density at radius 2 is 1.70 bits per heavy atom. The van der Waals surface area contributed by atoms with Gasteiger partial charge in [0.1, 0.15) is 18.2 Å². The van der Waals surface area contributed by atoms with Gasteiger partial charge >= 0.3 is 5.97 Å². The topological polar surface area (TPSA) is 125 Å². The third-order valence-electron chi connectivity index (χ3n) is 9.52. The molecular formula is C36H40ClN3O7. The average molecular weight is 662 g/mol. The molecule has 0 aliphatic carbocycles. The first-order valence-electron chi connectivity index (χ1n) is 16.4. The maximum atomic E-state index is 14.7. The number of rotatable bonds is 8. The summed E-state index contributed by atoms with van der Waals surface area (Å²) in [4.78, 5) is 59.3. The molecule has 248 valence electrons.